The number of ketones is 1. The molecule has 0 aliphatic heterocycles. The number of allylic oxidation sites excluding steroid dienone is 2. The molecule has 8 heteroatoms. The van der Waals surface area contributed by atoms with Crippen LogP contribution >= 0.6 is 0 Å². The third-order valence-electron chi connectivity index (χ3n) is 11.3. The van der Waals surface area contributed by atoms with Crippen LogP contribution in [0.5, 0.6) is 11.5 Å². The van der Waals surface area contributed by atoms with Gasteiger partial charge in [-0.1, -0.05) is 67.1 Å². The first kappa shape index (κ1) is 38.3. The van der Waals surface area contributed by atoms with Gasteiger partial charge in [0.2, 0.25) is 5.91 Å². The first-order valence-corrected chi connectivity index (χ1v) is 18.3. The summed E-state index contributed by atoms with van der Waals surface area (Å²) in [5.41, 5.74) is 3.19. The molecule has 2 bridgehead atoms. The largest absolute Gasteiger partial charge is 0.493 e. The zero-order chi connectivity index (χ0) is 36.6. The Morgan fingerprint density at radius 2 is 1.71 bits per heavy atom. The molecule has 6 rings (SSSR count). The lowest BCUT2D eigenvalue weighted by Gasteiger charge is -2.46. The molecule has 0 saturated heterocycles. The second-order valence-electron chi connectivity index (χ2n) is 14.7. The molecule has 274 valence electrons. The monoisotopic (exact) mass is 697 g/mol. The first-order valence-electron chi connectivity index (χ1n) is 18.3. The fourth-order valence-electron chi connectivity index (χ4n) is 8.23. The van der Waals surface area contributed by atoms with Crippen molar-refractivity contribution in [1.29, 1.82) is 0 Å². The quantitative estimate of drug-likeness (QED) is 0.118. The molecule has 0 spiro atoms. The van der Waals surface area contributed by atoms with Gasteiger partial charge in [0.05, 0.1) is 32.3 Å². The van der Waals surface area contributed by atoms with Crippen LogP contribution in [0, 0.1) is 5.41 Å². The van der Waals surface area contributed by atoms with Crippen molar-refractivity contribution in [3.63, 3.8) is 0 Å². The number of carbonyl (C=O) groups excluding carboxylic acids is 2. The van der Waals surface area contributed by atoms with E-state index < -0.39 is 17.1 Å². The van der Waals surface area contributed by atoms with Crippen molar-refractivity contribution >= 4 is 11.7 Å². The van der Waals surface area contributed by atoms with Gasteiger partial charge in [-0.2, -0.15) is 0 Å². The molecule has 1 saturated carbocycles. The van der Waals surface area contributed by atoms with E-state index >= 15 is 0 Å². The van der Waals surface area contributed by atoms with Crippen LogP contribution in [-0.4, -0.2) is 79.5 Å². The highest BCUT2D eigenvalue weighted by molar-refractivity contribution is 6.10. The van der Waals surface area contributed by atoms with E-state index in [1.54, 1.807) is 32.3 Å². The van der Waals surface area contributed by atoms with E-state index in [0.29, 0.717) is 74.3 Å². The van der Waals surface area contributed by atoms with Gasteiger partial charge in [0.15, 0.2) is 17.3 Å². The maximum atomic E-state index is 14.2. The number of hydrogen-bond donors (Lipinski definition) is 2. The molecule has 0 aromatic heterocycles. The number of rotatable bonds is 12. The smallest absolute Gasteiger partial charge is 0.227 e. The molecule has 3 aromatic carbocycles. The predicted molar refractivity (Wildman–Crippen MR) is 200 cm³/mol. The third-order valence-corrected chi connectivity index (χ3v) is 11.3. The SMILES string of the molecule is COCCCN(C[C@]1(O)CC[C@H]2c3ccc(cc3C(=O)c3ccccc3)C[C@@H](O)CCC(C)=CCC[C@@]21C)C(=O)Cc1ccc(OC)c(OC)c1. The molecule has 8 nitrogen and oxygen atoms in total. The highest BCUT2D eigenvalue weighted by Gasteiger charge is 2.57. The predicted octanol–water partition coefficient (Wildman–Crippen LogP) is 7.08. The summed E-state index contributed by atoms with van der Waals surface area (Å²) in [5, 5.41) is 23.9. The van der Waals surface area contributed by atoms with Crippen LogP contribution in [-0.2, 0) is 22.4 Å². The summed E-state index contributed by atoms with van der Waals surface area (Å²) in [6.07, 6.45) is 6.94. The Morgan fingerprint density at radius 1 is 0.941 bits per heavy atom. The molecule has 3 aromatic rings. The maximum Gasteiger partial charge on any atom is 0.227 e. The van der Waals surface area contributed by atoms with Gasteiger partial charge in [-0.05, 0) is 99.1 Å². The van der Waals surface area contributed by atoms with Gasteiger partial charge in [-0.3, -0.25) is 9.59 Å². The van der Waals surface area contributed by atoms with Gasteiger partial charge in [0.25, 0.3) is 0 Å². The molecular weight excluding hydrogens is 642 g/mol. The van der Waals surface area contributed by atoms with E-state index in [1.165, 1.54) is 5.57 Å². The molecule has 0 unspecified atom stereocenters. The fourth-order valence-corrected chi connectivity index (χ4v) is 8.23. The average molecular weight is 698 g/mol. The number of ether oxygens (including phenoxy) is 3. The van der Waals surface area contributed by atoms with Gasteiger partial charge in [-0.15, -0.1) is 0 Å². The van der Waals surface area contributed by atoms with Crippen LogP contribution in [0.15, 0.2) is 78.4 Å². The number of methoxy groups -OCH3 is 3. The molecule has 3 aliphatic rings. The number of nitrogens with zero attached hydrogens (tertiary/aromatic N) is 1. The van der Waals surface area contributed by atoms with Crippen LogP contribution in [0.2, 0.25) is 0 Å². The summed E-state index contributed by atoms with van der Waals surface area (Å²) in [7, 11) is 4.81. The molecule has 4 atom stereocenters. The Bertz CT molecular complexity index is 1690. The first-order chi connectivity index (χ1) is 24.5. The van der Waals surface area contributed by atoms with E-state index in [2.05, 4.69) is 26.0 Å². The standard InChI is InChI=1S/C43H55NO7/c1-30-11-9-21-42(2)37(35-18-15-31(25-34(45)17-14-30)26-36(35)41(47)33-12-7-6-8-13-33)20-22-43(42,48)29-44(23-10-24-49-3)40(46)28-32-16-19-38(50-4)39(27-32)51-5/h6-8,11-13,15-16,18-19,26-27,34,37,45,48H,9-10,14,17,20-25,28-29H2,1-5H3/t34-,37-,42-,43+/m0/s1. The second kappa shape index (κ2) is 17.0. The minimum atomic E-state index is -1.22. The van der Waals surface area contributed by atoms with Crippen molar-refractivity contribution in [1.82, 2.24) is 4.90 Å². The van der Waals surface area contributed by atoms with Crippen LogP contribution in [0.25, 0.3) is 0 Å². The summed E-state index contributed by atoms with van der Waals surface area (Å²) < 4.78 is 16.3. The molecular formula is C43H55NO7. The third kappa shape index (κ3) is 8.74. The topological polar surface area (TPSA) is 106 Å². The van der Waals surface area contributed by atoms with Crippen LogP contribution in [0.1, 0.15) is 97.3 Å². The van der Waals surface area contributed by atoms with Crippen molar-refractivity contribution < 1.29 is 34.0 Å². The second-order valence-corrected chi connectivity index (χ2v) is 14.7. The number of aliphatic hydroxyl groups is 2. The number of fused-ring (bicyclic) bond motifs is 8. The molecule has 1 fully saturated rings. The highest BCUT2D eigenvalue weighted by atomic mass is 16.5. The molecule has 51 heavy (non-hydrogen) atoms. The summed E-state index contributed by atoms with van der Waals surface area (Å²) in [4.78, 5) is 30.2. The normalized spacial score (nSPS) is 23.5. The Labute approximate surface area is 303 Å². The van der Waals surface area contributed by atoms with Gasteiger partial charge >= 0.3 is 0 Å². The lowest BCUT2D eigenvalue weighted by Crippen LogP contribution is -2.54. The Hall–Kier alpha value is -3.98. The average Bonchev–Trinajstić information content (AvgIpc) is 3.38. The van der Waals surface area contributed by atoms with Gasteiger partial charge < -0.3 is 29.3 Å². The molecule has 0 heterocycles. The van der Waals surface area contributed by atoms with Crippen LogP contribution < -0.4 is 9.47 Å². The summed E-state index contributed by atoms with van der Waals surface area (Å²) in [6, 6.07) is 20.9. The molecule has 0 radical (unpaired) electrons. The number of amides is 1. The zero-order valence-electron chi connectivity index (χ0n) is 31.0. The number of hydrogen-bond acceptors (Lipinski definition) is 7. The number of benzene rings is 3. The lowest BCUT2D eigenvalue weighted by molar-refractivity contribution is -0.139. The van der Waals surface area contributed by atoms with Crippen LogP contribution in [0.4, 0.5) is 0 Å². The van der Waals surface area contributed by atoms with Gasteiger partial charge in [0, 0.05) is 43.3 Å². The molecule has 3 aliphatic carbocycles. The summed E-state index contributed by atoms with van der Waals surface area (Å²) in [6.45, 7) is 5.37. The molecule has 1 amide bonds. The van der Waals surface area contributed by atoms with Gasteiger partial charge in [0.1, 0.15) is 0 Å². The maximum absolute atomic E-state index is 14.2. The minimum absolute atomic E-state index is 0.0612. The van der Waals surface area contributed by atoms with E-state index in [0.717, 1.165) is 29.5 Å². The number of carbonyl (C=O) groups is 2. The number of aliphatic hydroxyl groups excluding tert-OH is 1. The highest BCUT2D eigenvalue weighted by Crippen LogP contribution is 2.59. The van der Waals surface area contributed by atoms with E-state index in [-0.39, 0.29) is 30.6 Å². The van der Waals surface area contributed by atoms with E-state index in [1.807, 2.05) is 54.6 Å². The minimum Gasteiger partial charge on any atom is -0.493 e. The van der Waals surface area contributed by atoms with Crippen molar-refractivity contribution in [2.45, 2.75) is 89.3 Å². The van der Waals surface area contributed by atoms with Crippen LogP contribution in [0.3, 0.4) is 0 Å². The zero-order valence-corrected chi connectivity index (χ0v) is 31.0. The summed E-state index contributed by atoms with van der Waals surface area (Å²) >= 11 is 0. The Balaban J connectivity index is 1.54. The van der Waals surface area contributed by atoms with Crippen molar-refractivity contribution in [2.75, 3.05) is 41.0 Å². The van der Waals surface area contributed by atoms with E-state index in [4.69, 9.17) is 14.2 Å². The van der Waals surface area contributed by atoms with Crippen molar-refractivity contribution in [3.8, 4) is 11.5 Å². The fraction of sp³-hybridized carbons (Fsp3) is 0.488. The van der Waals surface area contributed by atoms with Gasteiger partial charge in [-0.25, -0.2) is 0 Å². The lowest BCUT2D eigenvalue weighted by atomic mass is 9.64. The van der Waals surface area contributed by atoms with Crippen molar-refractivity contribution in [2.24, 2.45) is 5.41 Å². The van der Waals surface area contributed by atoms with Crippen molar-refractivity contribution in [3.05, 3.63) is 106 Å². The van der Waals surface area contributed by atoms with E-state index in [9.17, 15) is 19.8 Å². The molecule has 2 N–H and O–H groups in total. The Morgan fingerprint density at radius 3 is 2.43 bits per heavy atom. The Kier molecular flexibility index (Phi) is 12.8. The summed E-state index contributed by atoms with van der Waals surface area (Å²) in [5.74, 6) is 0.870.